The van der Waals surface area contributed by atoms with Gasteiger partial charge in [0.15, 0.2) is 0 Å². The van der Waals surface area contributed by atoms with E-state index in [9.17, 15) is 8.78 Å². The van der Waals surface area contributed by atoms with Crippen LogP contribution >= 0.6 is 12.4 Å². The Bertz CT molecular complexity index is 382. The van der Waals surface area contributed by atoms with E-state index in [1.54, 1.807) is 12.1 Å². The molecule has 1 heterocycles. The molecule has 1 aliphatic rings. The van der Waals surface area contributed by atoms with Crippen LogP contribution in [-0.2, 0) is 6.54 Å². The second-order valence-corrected chi connectivity index (χ2v) is 5.19. The van der Waals surface area contributed by atoms with Crippen molar-refractivity contribution in [2.45, 2.75) is 32.4 Å². The summed E-state index contributed by atoms with van der Waals surface area (Å²) in [4.78, 5) is 2.34. The van der Waals surface area contributed by atoms with Crippen molar-refractivity contribution in [2.75, 3.05) is 13.1 Å². The lowest BCUT2D eigenvalue weighted by Crippen LogP contribution is -2.29. The number of nitrogens with zero attached hydrogens (tertiary/aromatic N) is 1. The Kier molecular flexibility index (Phi) is 6.17. The monoisotopic (exact) mass is 290 g/mol. The Labute approximate surface area is 119 Å². The summed E-state index contributed by atoms with van der Waals surface area (Å²) in [5.74, 6) is 0.560. The summed E-state index contributed by atoms with van der Waals surface area (Å²) < 4.78 is 24.8. The van der Waals surface area contributed by atoms with Crippen LogP contribution in [-0.4, -0.2) is 24.0 Å². The molecular formula is C14H21ClF2N2. The molecule has 0 bridgehead atoms. The van der Waals surface area contributed by atoms with E-state index in [0.29, 0.717) is 5.92 Å². The first-order chi connectivity index (χ1) is 8.56. The second-order valence-electron chi connectivity index (χ2n) is 5.19. The quantitative estimate of drug-likeness (QED) is 0.922. The molecule has 1 fully saturated rings. The molecule has 1 aliphatic heterocycles. The molecule has 1 saturated heterocycles. The van der Waals surface area contributed by atoms with Crippen LogP contribution in [0, 0.1) is 5.92 Å². The molecule has 2 unspecified atom stereocenters. The predicted molar refractivity (Wildman–Crippen MR) is 75.7 cm³/mol. The highest BCUT2D eigenvalue weighted by Gasteiger charge is 2.24. The number of benzene rings is 1. The number of hydrogen-bond acceptors (Lipinski definition) is 2. The molecular weight excluding hydrogens is 270 g/mol. The molecule has 0 aliphatic carbocycles. The number of nitrogens with two attached hydrogens (primary N) is 1. The zero-order valence-corrected chi connectivity index (χ0v) is 11.9. The summed E-state index contributed by atoms with van der Waals surface area (Å²) in [6, 6.07) is 6.84. The Morgan fingerprint density at radius 1 is 1.32 bits per heavy atom. The van der Waals surface area contributed by atoms with Crippen LogP contribution < -0.4 is 5.73 Å². The number of hydrogen-bond donors (Lipinski definition) is 1. The molecule has 0 spiro atoms. The molecule has 0 amide bonds. The average Bonchev–Trinajstić information content (AvgIpc) is 2.78. The van der Waals surface area contributed by atoms with E-state index in [0.717, 1.165) is 31.6 Å². The van der Waals surface area contributed by atoms with Gasteiger partial charge in [0, 0.05) is 24.7 Å². The van der Waals surface area contributed by atoms with Crippen LogP contribution in [0.2, 0.25) is 0 Å². The third-order valence-electron chi connectivity index (χ3n) is 3.69. The fraction of sp³-hybridized carbons (Fsp3) is 0.571. The highest BCUT2D eigenvalue weighted by Crippen LogP contribution is 2.22. The Morgan fingerprint density at radius 3 is 2.42 bits per heavy atom. The van der Waals surface area contributed by atoms with Crippen LogP contribution in [0.5, 0.6) is 0 Å². The normalized spacial score (nSPS) is 21.4. The van der Waals surface area contributed by atoms with Crippen LogP contribution in [0.3, 0.4) is 0 Å². The van der Waals surface area contributed by atoms with Crippen molar-refractivity contribution in [1.29, 1.82) is 0 Å². The van der Waals surface area contributed by atoms with Gasteiger partial charge >= 0.3 is 0 Å². The number of likely N-dealkylation sites (tertiary alicyclic amines) is 1. The van der Waals surface area contributed by atoms with Crippen molar-refractivity contribution in [3.05, 3.63) is 35.4 Å². The predicted octanol–water partition coefficient (Wildman–Crippen LogP) is 3.22. The molecule has 1 aromatic carbocycles. The molecule has 1 aromatic rings. The van der Waals surface area contributed by atoms with E-state index < -0.39 is 6.43 Å². The van der Waals surface area contributed by atoms with E-state index in [-0.39, 0.29) is 24.0 Å². The van der Waals surface area contributed by atoms with Crippen molar-refractivity contribution in [3.8, 4) is 0 Å². The number of alkyl halides is 2. The third kappa shape index (κ3) is 4.41. The van der Waals surface area contributed by atoms with Crippen LogP contribution in [0.25, 0.3) is 0 Å². The molecule has 2 rings (SSSR count). The van der Waals surface area contributed by atoms with Crippen molar-refractivity contribution < 1.29 is 8.78 Å². The molecule has 5 heteroatoms. The van der Waals surface area contributed by atoms with Crippen molar-refractivity contribution in [2.24, 2.45) is 11.7 Å². The van der Waals surface area contributed by atoms with E-state index in [1.807, 2.05) is 6.92 Å². The van der Waals surface area contributed by atoms with Gasteiger partial charge in [0.25, 0.3) is 6.43 Å². The van der Waals surface area contributed by atoms with Gasteiger partial charge in [-0.15, -0.1) is 12.4 Å². The van der Waals surface area contributed by atoms with Crippen molar-refractivity contribution in [3.63, 3.8) is 0 Å². The molecule has 2 atom stereocenters. The smallest absolute Gasteiger partial charge is 0.263 e. The highest BCUT2D eigenvalue weighted by molar-refractivity contribution is 5.85. The summed E-state index contributed by atoms with van der Waals surface area (Å²) in [5, 5.41) is 0. The molecule has 0 radical (unpaired) electrons. The Hall–Kier alpha value is -0.710. The fourth-order valence-electron chi connectivity index (χ4n) is 2.46. The molecule has 2 N–H and O–H groups in total. The Morgan fingerprint density at radius 2 is 1.95 bits per heavy atom. The van der Waals surface area contributed by atoms with Gasteiger partial charge in [-0.2, -0.15) is 0 Å². The van der Waals surface area contributed by atoms with Gasteiger partial charge in [-0.25, -0.2) is 8.78 Å². The molecule has 19 heavy (non-hydrogen) atoms. The summed E-state index contributed by atoms with van der Waals surface area (Å²) in [6.07, 6.45) is -1.25. The van der Waals surface area contributed by atoms with Gasteiger partial charge in [0.2, 0.25) is 0 Å². The van der Waals surface area contributed by atoms with E-state index in [2.05, 4.69) is 4.90 Å². The topological polar surface area (TPSA) is 29.3 Å². The first-order valence-corrected chi connectivity index (χ1v) is 6.41. The highest BCUT2D eigenvalue weighted by atomic mass is 35.5. The van der Waals surface area contributed by atoms with E-state index in [1.165, 1.54) is 12.1 Å². The summed E-state index contributed by atoms with van der Waals surface area (Å²) in [6.45, 7) is 4.93. The maximum Gasteiger partial charge on any atom is 0.263 e. The van der Waals surface area contributed by atoms with E-state index in [4.69, 9.17) is 5.73 Å². The standard InChI is InChI=1S/C14H20F2N2.ClH/c1-10(17)13-6-7-18(9-13)8-11-2-4-12(5-3-11)14(15)16;/h2-5,10,13-14H,6-9,17H2,1H3;1H. The first kappa shape index (κ1) is 16.3. The lowest BCUT2D eigenvalue weighted by Gasteiger charge is -2.18. The summed E-state index contributed by atoms with van der Waals surface area (Å²) >= 11 is 0. The fourth-order valence-corrected chi connectivity index (χ4v) is 2.46. The lowest BCUT2D eigenvalue weighted by atomic mass is 10.0. The first-order valence-electron chi connectivity index (χ1n) is 6.41. The summed E-state index contributed by atoms with van der Waals surface area (Å²) in [7, 11) is 0. The van der Waals surface area contributed by atoms with Gasteiger partial charge in [-0.05, 0) is 31.4 Å². The molecule has 0 saturated carbocycles. The SMILES string of the molecule is CC(N)C1CCN(Cc2ccc(C(F)F)cc2)C1.Cl. The third-order valence-corrected chi connectivity index (χ3v) is 3.69. The van der Waals surface area contributed by atoms with Gasteiger partial charge in [0.05, 0.1) is 0 Å². The second kappa shape index (κ2) is 7.17. The van der Waals surface area contributed by atoms with Gasteiger partial charge in [-0.3, -0.25) is 4.90 Å². The van der Waals surface area contributed by atoms with Gasteiger partial charge < -0.3 is 5.73 Å². The molecule has 108 valence electrons. The van der Waals surface area contributed by atoms with Crippen molar-refractivity contribution in [1.82, 2.24) is 4.90 Å². The molecule has 2 nitrogen and oxygen atoms in total. The van der Waals surface area contributed by atoms with Crippen LogP contribution in [0.4, 0.5) is 8.78 Å². The minimum Gasteiger partial charge on any atom is -0.328 e. The maximum atomic E-state index is 12.4. The minimum atomic E-state index is -2.38. The van der Waals surface area contributed by atoms with Crippen molar-refractivity contribution >= 4 is 12.4 Å². The number of halogens is 3. The lowest BCUT2D eigenvalue weighted by molar-refractivity contribution is 0.151. The Balaban J connectivity index is 0.00000180. The van der Waals surface area contributed by atoms with Gasteiger partial charge in [-0.1, -0.05) is 24.3 Å². The zero-order chi connectivity index (χ0) is 13.1. The summed E-state index contributed by atoms with van der Waals surface area (Å²) in [5.41, 5.74) is 7.08. The largest absolute Gasteiger partial charge is 0.328 e. The molecule has 0 aromatic heterocycles. The van der Waals surface area contributed by atoms with Crippen LogP contribution in [0.15, 0.2) is 24.3 Å². The van der Waals surface area contributed by atoms with Crippen LogP contribution in [0.1, 0.15) is 30.9 Å². The zero-order valence-electron chi connectivity index (χ0n) is 11.1. The average molecular weight is 291 g/mol. The maximum absolute atomic E-state index is 12.4. The number of rotatable bonds is 4. The van der Waals surface area contributed by atoms with Gasteiger partial charge in [0.1, 0.15) is 0 Å². The minimum absolute atomic E-state index is 0. The van der Waals surface area contributed by atoms with E-state index >= 15 is 0 Å².